The predicted octanol–water partition coefficient (Wildman–Crippen LogP) is 3.23. The normalized spacial score (nSPS) is 19.9. The van der Waals surface area contributed by atoms with Crippen molar-refractivity contribution in [3.05, 3.63) is 53.1 Å². The molecule has 0 radical (unpaired) electrons. The fraction of sp³-hybridized carbons (Fsp3) is 0.500. The molecular formula is C22H28N4O2. The molecule has 6 nitrogen and oxygen atoms in total. The molecule has 1 saturated heterocycles. The molecule has 0 N–H and O–H groups in total. The van der Waals surface area contributed by atoms with Crippen LogP contribution in [0.15, 0.2) is 30.5 Å². The van der Waals surface area contributed by atoms with Crippen molar-refractivity contribution in [2.75, 3.05) is 26.7 Å². The van der Waals surface area contributed by atoms with Crippen LogP contribution in [0.25, 0.3) is 0 Å². The number of benzene rings is 1. The average molecular weight is 380 g/mol. The van der Waals surface area contributed by atoms with E-state index in [1.165, 1.54) is 5.56 Å². The Morgan fingerprint density at radius 1 is 1.25 bits per heavy atom. The van der Waals surface area contributed by atoms with Crippen LogP contribution < -0.4 is 4.74 Å². The average Bonchev–Trinajstić information content (AvgIpc) is 2.73. The quantitative estimate of drug-likeness (QED) is 0.815. The number of amides is 1. The Labute approximate surface area is 166 Å². The minimum Gasteiger partial charge on any atom is -0.493 e. The molecule has 0 unspecified atom stereocenters. The van der Waals surface area contributed by atoms with E-state index in [-0.39, 0.29) is 11.9 Å². The van der Waals surface area contributed by atoms with E-state index in [9.17, 15) is 4.79 Å². The maximum Gasteiger partial charge on any atom is 0.258 e. The summed E-state index contributed by atoms with van der Waals surface area (Å²) in [6, 6.07) is 7.44. The SMILES string of the molecule is CCOc1ccccc1C(=O)N1CCCC[C@@H]1c1ncc2c(n1)CCN(C)C2. The van der Waals surface area contributed by atoms with Gasteiger partial charge in [0.15, 0.2) is 5.82 Å². The Balaban J connectivity index is 1.63. The summed E-state index contributed by atoms with van der Waals surface area (Å²) in [5.74, 6) is 1.44. The summed E-state index contributed by atoms with van der Waals surface area (Å²) < 4.78 is 5.69. The first kappa shape index (κ1) is 18.9. The molecule has 2 aromatic rings. The van der Waals surface area contributed by atoms with Crippen molar-refractivity contribution < 1.29 is 9.53 Å². The van der Waals surface area contributed by atoms with Gasteiger partial charge in [0, 0.05) is 43.5 Å². The first-order valence-corrected chi connectivity index (χ1v) is 10.2. The second-order valence-electron chi connectivity index (χ2n) is 7.63. The molecular weight excluding hydrogens is 352 g/mol. The van der Waals surface area contributed by atoms with Gasteiger partial charge >= 0.3 is 0 Å². The van der Waals surface area contributed by atoms with E-state index in [4.69, 9.17) is 9.72 Å². The Hall–Kier alpha value is -2.47. The fourth-order valence-electron chi connectivity index (χ4n) is 4.16. The van der Waals surface area contributed by atoms with E-state index in [0.29, 0.717) is 17.9 Å². The highest BCUT2D eigenvalue weighted by molar-refractivity contribution is 5.97. The molecule has 0 saturated carbocycles. The van der Waals surface area contributed by atoms with Crippen molar-refractivity contribution in [1.82, 2.24) is 19.8 Å². The fourth-order valence-corrected chi connectivity index (χ4v) is 4.16. The Kier molecular flexibility index (Phi) is 5.57. The zero-order valence-corrected chi connectivity index (χ0v) is 16.7. The number of likely N-dealkylation sites (N-methyl/N-ethyl adjacent to an activating group) is 1. The van der Waals surface area contributed by atoms with Crippen LogP contribution in [0.4, 0.5) is 0 Å². The first-order chi connectivity index (χ1) is 13.7. The second-order valence-corrected chi connectivity index (χ2v) is 7.63. The van der Waals surface area contributed by atoms with Crippen molar-refractivity contribution in [1.29, 1.82) is 0 Å². The number of nitrogens with zero attached hydrogens (tertiary/aromatic N) is 4. The number of rotatable bonds is 4. The number of fused-ring (bicyclic) bond motifs is 1. The molecule has 1 amide bonds. The van der Waals surface area contributed by atoms with Crippen LogP contribution in [0.5, 0.6) is 5.75 Å². The van der Waals surface area contributed by atoms with Crippen LogP contribution in [0.3, 0.4) is 0 Å². The van der Waals surface area contributed by atoms with Crippen molar-refractivity contribution in [2.24, 2.45) is 0 Å². The number of hydrogen-bond acceptors (Lipinski definition) is 5. The third-order valence-electron chi connectivity index (χ3n) is 5.62. The largest absolute Gasteiger partial charge is 0.493 e. The molecule has 0 aliphatic carbocycles. The van der Waals surface area contributed by atoms with E-state index in [2.05, 4.69) is 16.9 Å². The van der Waals surface area contributed by atoms with Crippen LogP contribution in [0, 0.1) is 0 Å². The lowest BCUT2D eigenvalue weighted by molar-refractivity contribution is 0.0595. The third kappa shape index (κ3) is 3.74. The number of likely N-dealkylation sites (tertiary alicyclic amines) is 1. The number of para-hydroxylation sites is 1. The standard InChI is InChI=1S/C22H28N4O2/c1-3-28-20-10-5-4-8-17(20)22(27)26-12-7-6-9-19(26)21-23-14-16-15-25(2)13-11-18(16)24-21/h4-5,8,10,14,19H,3,6-7,9,11-13,15H2,1-2H3/t19-/m1/s1. The van der Waals surface area contributed by atoms with Gasteiger partial charge in [0.1, 0.15) is 5.75 Å². The summed E-state index contributed by atoms with van der Waals surface area (Å²) in [6.07, 6.45) is 5.90. The maximum absolute atomic E-state index is 13.4. The topological polar surface area (TPSA) is 58.6 Å². The lowest BCUT2D eigenvalue weighted by atomic mass is 9.99. The van der Waals surface area contributed by atoms with Crippen LogP contribution in [0.2, 0.25) is 0 Å². The second kappa shape index (κ2) is 8.27. The molecule has 2 aliphatic rings. The van der Waals surface area contributed by atoms with Gasteiger partial charge in [0.05, 0.1) is 18.2 Å². The lowest BCUT2D eigenvalue weighted by Gasteiger charge is -2.35. The first-order valence-electron chi connectivity index (χ1n) is 10.2. The smallest absolute Gasteiger partial charge is 0.258 e. The molecule has 1 fully saturated rings. The molecule has 0 bridgehead atoms. The highest BCUT2D eigenvalue weighted by atomic mass is 16.5. The monoisotopic (exact) mass is 380 g/mol. The van der Waals surface area contributed by atoms with E-state index in [0.717, 1.165) is 56.8 Å². The molecule has 148 valence electrons. The van der Waals surface area contributed by atoms with Crippen LogP contribution >= 0.6 is 0 Å². The van der Waals surface area contributed by atoms with Gasteiger partial charge in [-0.05, 0) is 45.4 Å². The van der Waals surface area contributed by atoms with Gasteiger partial charge in [0.25, 0.3) is 5.91 Å². The number of carbonyl (C=O) groups excluding carboxylic acids is 1. The summed E-state index contributed by atoms with van der Waals surface area (Å²) in [5, 5.41) is 0. The van der Waals surface area contributed by atoms with Crippen LogP contribution in [-0.4, -0.2) is 52.4 Å². The molecule has 1 aromatic heterocycles. The summed E-state index contributed by atoms with van der Waals surface area (Å²) >= 11 is 0. The van der Waals surface area contributed by atoms with Crippen LogP contribution in [0.1, 0.15) is 59.7 Å². The van der Waals surface area contributed by atoms with Crippen LogP contribution in [-0.2, 0) is 13.0 Å². The Morgan fingerprint density at radius 3 is 2.96 bits per heavy atom. The zero-order chi connectivity index (χ0) is 19.5. The van der Waals surface area contributed by atoms with Gasteiger partial charge in [-0.25, -0.2) is 9.97 Å². The van der Waals surface area contributed by atoms with Gasteiger partial charge in [0.2, 0.25) is 0 Å². The minimum atomic E-state index is -0.0686. The van der Waals surface area contributed by atoms with Crippen molar-refractivity contribution in [3.8, 4) is 5.75 Å². The molecule has 28 heavy (non-hydrogen) atoms. The van der Waals surface area contributed by atoms with E-state index >= 15 is 0 Å². The van der Waals surface area contributed by atoms with Gasteiger partial charge in [-0.3, -0.25) is 4.79 Å². The predicted molar refractivity (Wildman–Crippen MR) is 107 cm³/mol. The minimum absolute atomic E-state index is 0.00908. The molecule has 3 heterocycles. The summed E-state index contributed by atoms with van der Waals surface area (Å²) in [4.78, 5) is 27.2. The molecule has 2 aliphatic heterocycles. The van der Waals surface area contributed by atoms with Gasteiger partial charge < -0.3 is 14.5 Å². The van der Waals surface area contributed by atoms with Crippen molar-refractivity contribution >= 4 is 5.91 Å². The van der Waals surface area contributed by atoms with Gasteiger partial charge in [-0.2, -0.15) is 0 Å². The van der Waals surface area contributed by atoms with E-state index in [1.807, 2.05) is 42.3 Å². The van der Waals surface area contributed by atoms with Gasteiger partial charge in [-0.1, -0.05) is 12.1 Å². The number of hydrogen-bond donors (Lipinski definition) is 0. The molecule has 6 heteroatoms. The third-order valence-corrected chi connectivity index (χ3v) is 5.62. The maximum atomic E-state index is 13.4. The summed E-state index contributed by atoms with van der Waals surface area (Å²) in [5.41, 5.74) is 2.96. The number of carbonyl (C=O) groups is 1. The molecule has 0 spiro atoms. The van der Waals surface area contributed by atoms with E-state index < -0.39 is 0 Å². The molecule has 4 rings (SSSR count). The molecule has 1 aromatic carbocycles. The number of aromatic nitrogens is 2. The Morgan fingerprint density at radius 2 is 2.11 bits per heavy atom. The van der Waals surface area contributed by atoms with Gasteiger partial charge in [-0.15, -0.1) is 0 Å². The van der Waals surface area contributed by atoms with E-state index in [1.54, 1.807) is 0 Å². The molecule has 1 atom stereocenters. The number of ether oxygens (including phenoxy) is 1. The summed E-state index contributed by atoms with van der Waals surface area (Å²) in [6.45, 7) is 5.11. The highest BCUT2D eigenvalue weighted by Crippen LogP contribution is 2.32. The number of piperidine rings is 1. The van der Waals surface area contributed by atoms with Crippen molar-refractivity contribution in [2.45, 2.75) is 45.2 Å². The Bertz CT molecular complexity index is 854. The van der Waals surface area contributed by atoms with Crippen molar-refractivity contribution in [3.63, 3.8) is 0 Å². The summed E-state index contributed by atoms with van der Waals surface area (Å²) in [7, 11) is 2.12. The zero-order valence-electron chi connectivity index (χ0n) is 16.7. The highest BCUT2D eigenvalue weighted by Gasteiger charge is 2.32. The lowest BCUT2D eigenvalue weighted by Crippen LogP contribution is -2.40.